The Labute approximate surface area is 153 Å². The van der Waals surface area contributed by atoms with Crippen molar-refractivity contribution < 1.29 is 13.2 Å². The number of aryl methyl sites for hydroxylation is 1. The first-order valence-corrected chi connectivity index (χ1v) is 9.77. The fourth-order valence-corrected chi connectivity index (χ4v) is 4.80. The van der Waals surface area contributed by atoms with Crippen LogP contribution in [0.15, 0.2) is 30.3 Å². The molecular formula is C23H25F3. The van der Waals surface area contributed by atoms with E-state index in [4.69, 9.17) is 0 Å². The predicted molar refractivity (Wildman–Crippen MR) is 97.9 cm³/mol. The van der Waals surface area contributed by atoms with Crippen LogP contribution in [0, 0.1) is 23.4 Å². The van der Waals surface area contributed by atoms with Gasteiger partial charge in [0, 0.05) is 5.56 Å². The minimum atomic E-state index is -0.427. The maximum atomic E-state index is 14.9. The Bertz CT molecular complexity index is 780. The Balaban J connectivity index is 1.59. The molecule has 2 aliphatic carbocycles. The van der Waals surface area contributed by atoms with E-state index in [0.29, 0.717) is 18.8 Å². The second-order valence-corrected chi connectivity index (χ2v) is 8.21. The van der Waals surface area contributed by atoms with Gasteiger partial charge in [-0.2, -0.15) is 0 Å². The summed E-state index contributed by atoms with van der Waals surface area (Å²) in [7, 11) is 0. The predicted octanol–water partition coefficient (Wildman–Crippen LogP) is 6.67. The standard InChI is InChI=1S/C23H25F3/c1-14-2-4-15(5-3-14)19-12-21(25)23(22(26)13-19)17-7-6-16-8-9-20(24)11-18(16)10-17/h8-9,11-15,17H,2-7,10H2,1H3. The van der Waals surface area contributed by atoms with Gasteiger partial charge >= 0.3 is 0 Å². The molecule has 1 fully saturated rings. The summed E-state index contributed by atoms with van der Waals surface area (Å²) < 4.78 is 43.3. The van der Waals surface area contributed by atoms with Crippen molar-refractivity contribution in [2.45, 2.75) is 63.7 Å². The molecule has 0 heterocycles. The van der Waals surface area contributed by atoms with Gasteiger partial charge in [0.15, 0.2) is 0 Å². The Morgan fingerprint density at radius 3 is 2.15 bits per heavy atom. The van der Waals surface area contributed by atoms with Crippen LogP contribution in [-0.4, -0.2) is 0 Å². The minimum Gasteiger partial charge on any atom is -0.207 e. The molecule has 3 heteroatoms. The van der Waals surface area contributed by atoms with Crippen LogP contribution in [0.1, 0.15) is 73.1 Å². The summed E-state index contributed by atoms with van der Waals surface area (Å²) in [5, 5.41) is 0. The molecule has 2 aromatic rings. The van der Waals surface area contributed by atoms with Gasteiger partial charge in [0.2, 0.25) is 0 Å². The Morgan fingerprint density at radius 1 is 0.769 bits per heavy atom. The summed E-state index contributed by atoms with van der Waals surface area (Å²) in [6.45, 7) is 2.24. The van der Waals surface area contributed by atoms with Gasteiger partial charge in [-0.3, -0.25) is 0 Å². The highest BCUT2D eigenvalue weighted by Crippen LogP contribution is 2.39. The van der Waals surface area contributed by atoms with E-state index in [2.05, 4.69) is 6.92 Å². The highest BCUT2D eigenvalue weighted by Gasteiger charge is 2.28. The molecule has 0 aliphatic heterocycles. The van der Waals surface area contributed by atoms with Crippen LogP contribution < -0.4 is 0 Å². The summed E-state index contributed by atoms with van der Waals surface area (Å²) in [6.07, 6.45) is 6.21. The van der Waals surface area contributed by atoms with E-state index in [1.807, 2.05) is 0 Å². The summed E-state index contributed by atoms with van der Waals surface area (Å²) in [4.78, 5) is 0. The van der Waals surface area contributed by atoms with Crippen LogP contribution in [0.3, 0.4) is 0 Å². The van der Waals surface area contributed by atoms with Crippen LogP contribution >= 0.6 is 0 Å². The molecule has 0 N–H and O–H groups in total. The fourth-order valence-electron chi connectivity index (χ4n) is 4.80. The van der Waals surface area contributed by atoms with Gasteiger partial charge in [-0.15, -0.1) is 0 Å². The molecule has 0 aromatic heterocycles. The van der Waals surface area contributed by atoms with Crippen LogP contribution in [-0.2, 0) is 12.8 Å². The third kappa shape index (κ3) is 3.41. The topological polar surface area (TPSA) is 0 Å². The minimum absolute atomic E-state index is 0.188. The zero-order valence-corrected chi connectivity index (χ0v) is 15.2. The SMILES string of the molecule is CC1CCC(c2cc(F)c(C3CCc4ccc(F)cc4C3)c(F)c2)CC1. The molecule has 0 spiro atoms. The number of benzene rings is 2. The first-order chi connectivity index (χ1) is 12.5. The molecule has 0 radical (unpaired) electrons. The van der Waals surface area contributed by atoms with E-state index >= 15 is 0 Å². The van der Waals surface area contributed by atoms with E-state index in [1.165, 1.54) is 12.1 Å². The molecule has 0 amide bonds. The molecular weight excluding hydrogens is 333 g/mol. The molecule has 1 saturated carbocycles. The monoisotopic (exact) mass is 358 g/mol. The van der Waals surface area contributed by atoms with Crippen molar-refractivity contribution in [2.24, 2.45) is 5.92 Å². The lowest BCUT2D eigenvalue weighted by Gasteiger charge is -2.28. The Kier molecular flexibility index (Phi) is 4.81. The first kappa shape index (κ1) is 17.6. The van der Waals surface area contributed by atoms with Gasteiger partial charge in [-0.25, -0.2) is 13.2 Å². The lowest BCUT2D eigenvalue weighted by Crippen LogP contribution is -2.17. The van der Waals surface area contributed by atoms with Crippen molar-refractivity contribution in [3.63, 3.8) is 0 Å². The summed E-state index contributed by atoms with van der Waals surface area (Å²) >= 11 is 0. The quantitative estimate of drug-likeness (QED) is 0.562. The molecule has 0 bridgehead atoms. The van der Waals surface area contributed by atoms with Crippen molar-refractivity contribution in [3.8, 4) is 0 Å². The molecule has 1 unspecified atom stereocenters. The molecule has 2 aromatic carbocycles. The van der Waals surface area contributed by atoms with Crippen LogP contribution in [0.2, 0.25) is 0 Å². The molecule has 2 aliphatic rings. The molecule has 1 atom stereocenters. The second-order valence-electron chi connectivity index (χ2n) is 8.21. The highest BCUT2D eigenvalue weighted by molar-refractivity contribution is 5.37. The van der Waals surface area contributed by atoms with Crippen LogP contribution in [0.5, 0.6) is 0 Å². The summed E-state index contributed by atoms with van der Waals surface area (Å²) in [6, 6.07) is 7.87. The van der Waals surface area contributed by atoms with E-state index in [1.54, 1.807) is 18.2 Å². The van der Waals surface area contributed by atoms with Gasteiger partial charge in [0.05, 0.1) is 0 Å². The van der Waals surface area contributed by atoms with Gasteiger partial charge in [0.1, 0.15) is 17.5 Å². The molecule has 0 nitrogen and oxygen atoms in total. The van der Waals surface area contributed by atoms with Crippen molar-refractivity contribution in [2.75, 3.05) is 0 Å². The van der Waals surface area contributed by atoms with E-state index in [-0.39, 0.29) is 23.2 Å². The smallest absolute Gasteiger partial charge is 0.129 e. The van der Waals surface area contributed by atoms with Crippen molar-refractivity contribution in [1.29, 1.82) is 0 Å². The summed E-state index contributed by atoms with van der Waals surface area (Å²) in [5.41, 5.74) is 2.97. The number of rotatable bonds is 2. The second kappa shape index (κ2) is 7.09. The van der Waals surface area contributed by atoms with Crippen LogP contribution in [0.4, 0.5) is 13.2 Å². The Morgan fingerprint density at radius 2 is 1.46 bits per heavy atom. The van der Waals surface area contributed by atoms with E-state index in [0.717, 1.165) is 48.8 Å². The van der Waals surface area contributed by atoms with E-state index < -0.39 is 11.6 Å². The zero-order chi connectivity index (χ0) is 18.3. The van der Waals surface area contributed by atoms with Gasteiger partial charge in [-0.1, -0.05) is 25.8 Å². The molecule has 138 valence electrons. The number of halogens is 3. The lowest BCUT2D eigenvalue weighted by molar-refractivity contribution is 0.346. The molecule has 26 heavy (non-hydrogen) atoms. The van der Waals surface area contributed by atoms with Crippen molar-refractivity contribution in [3.05, 3.63) is 70.0 Å². The number of hydrogen-bond donors (Lipinski definition) is 0. The van der Waals surface area contributed by atoms with Crippen LogP contribution in [0.25, 0.3) is 0 Å². The third-order valence-electron chi connectivity index (χ3n) is 6.39. The molecule has 0 saturated heterocycles. The average molecular weight is 358 g/mol. The number of hydrogen-bond acceptors (Lipinski definition) is 0. The van der Waals surface area contributed by atoms with Gasteiger partial charge in [-0.05, 0) is 90.8 Å². The van der Waals surface area contributed by atoms with E-state index in [9.17, 15) is 13.2 Å². The summed E-state index contributed by atoms with van der Waals surface area (Å²) in [5.74, 6) is -0.378. The largest absolute Gasteiger partial charge is 0.207 e. The zero-order valence-electron chi connectivity index (χ0n) is 15.2. The fraction of sp³-hybridized carbons (Fsp3) is 0.478. The highest BCUT2D eigenvalue weighted by atomic mass is 19.1. The first-order valence-electron chi connectivity index (χ1n) is 9.77. The lowest BCUT2D eigenvalue weighted by atomic mass is 9.77. The number of fused-ring (bicyclic) bond motifs is 1. The van der Waals surface area contributed by atoms with Gasteiger partial charge in [0.25, 0.3) is 0 Å². The third-order valence-corrected chi connectivity index (χ3v) is 6.39. The maximum Gasteiger partial charge on any atom is 0.129 e. The van der Waals surface area contributed by atoms with Gasteiger partial charge < -0.3 is 0 Å². The normalized spacial score (nSPS) is 25.8. The average Bonchev–Trinajstić information content (AvgIpc) is 2.61. The van der Waals surface area contributed by atoms with Crippen molar-refractivity contribution in [1.82, 2.24) is 0 Å². The maximum absolute atomic E-state index is 14.9. The van der Waals surface area contributed by atoms with Crippen molar-refractivity contribution >= 4 is 0 Å². The molecule has 4 rings (SSSR count). The Hall–Kier alpha value is -1.77.